The van der Waals surface area contributed by atoms with Gasteiger partial charge in [-0.25, -0.2) is 13.4 Å². The molecule has 2 heterocycles. The standard InChI is InChI=1S/C17H19N5O4S/c1-17(2,21-16(23)12-8-19-6-7-20-12)10-26-13-5-3-4-11-9-27(24,25)22-15(18)14(11)13/h3-8H,9-10H2,1-2H3,(H2,18,22)(H,21,23). The zero-order chi connectivity index (χ0) is 19.7. The number of benzene rings is 1. The van der Waals surface area contributed by atoms with Crippen molar-refractivity contribution in [3.63, 3.8) is 0 Å². The highest BCUT2D eigenvalue weighted by molar-refractivity contribution is 7.89. The molecule has 2 aromatic rings. The fraction of sp³-hybridized carbons (Fsp3) is 0.294. The van der Waals surface area contributed by atoms with Crippen molar-refractivity contribution in [1.82, 2.24) is 15.3 Å². The van der Waals surface area contributed by atoms with Crippen LogP contribution in [0.1, 0.15) is 35.5 Å². The average Bonchev–Trinajstić information content (AvgIpc) is 2.59. The van der Waals surface area contributed by atoms with Crippen molar-refractivity contribution >= 4 is 21.8 Å². The third-order valence-electron chi connectivity index (χ3n) is 3.78. The summed E-state index contributed by atoms with van der Waals surface area (Å²) in [6, 6.07) is 5.04. The Hall–Kier alpha value is -3.01. The summed E-state index contributed by atoms with van der Waals surface area (Å²) in [7, 11) is -3.61. The van der Waals surface area contributed by atoms with E-state index in [1.807, 2.05) is 0 Å². The lowest BCUT2D eigenvalue weighted by atomic mass is 10.1. The fourth-order valence-corrected chi connectivity index (χ4v) is 3.70. The number of aromatic nitrogens is 2. The summed E-state index contributed by atoms with van der Waals surface area (Å²) in [4.78, 5) is 20.1. The minimum Gasteiger partial charge on any atom is -0.490 e. The van der Waals surface area contributed by atoms with E-state index in [9.17, 15) is 13.2 Å². The number of amidine groups is 1. The predicted molar refractivity (Wildman–Crippen MR) is 98.9 cm³/mol. The van der Waals surface area contributed by atoms with Crippen LogP contribution in [-0.2, 0) is 15.8 Å². The first-order valence-corrected chi connectivity index (χ1v) is 9.69. The van der Waals surface area contributed by atoms with Crippen LogP contribution in [0.25, 0.3) is 0 Å². The number of nitrogens with zero attached hydrogens (tertiary/aromatic N) is 3. The van der Waals surface area contributed by atoms with Gasteiger partial charge in [0.25, 0.3) is 15.9 Å². The third-order valence-corrected chi connectivity index (χ3v) is 4.93. The predicted octanol–water partition coefficient (Wildman–Crippen LogP) is 0.613. The Morgan fingerprint density at radius 1 is 1.33 bits per heavy atom. The molecule has 0 aliphatic carbocycles. The molecule has 1 amide bonds. The Morgan fingerprint density at radius 3 is 2.81 bits per heavy atom. The normalized spacial score (nSPS) is 15.4. The number of sulfonamides is 1. The molecule has 1 aromatic carbocycles. The monoisotopic (exact) mass is 389 g/mol. The summed E-state index contributed by atoms with van der Waals surface area (Å²) < 4.78 is 32.9. The van der Waals surface area contributed by atoms with Crippen LogP contribution in [0.15, 0.2) is 41.2 Å². The number of carbonyl (C=O) groups is 1. The van der Waals surface area contributed by atoms with Crippen LogP contribution in [0.5, 0.6) is 5.75 Å². The second kappa shape index (κ2) is 6.95. The smallest absolute Gasteiger partial charge is 0.272 e. The van der Waals surface area contributed by atoms with E-state index in [0.717, 1.165) is 0 Å². The number of ether oxygens (including phenoxy) is 1. The van der Waals surface area contributed by atoms with Gasteiger partial charge < -0.3 is 15.8 Å². The molecule has 0 saturated heterocycles. The van der Waals surface area contributed by atoms with Gasteiger partial charge in [0.15, 0.2) is 0 Å². The van der Waals surface area contributed by atoms with Crippen molar-refractivity contribution in [2.24, 2.45) is 10.1 Å². The van der Waals surface area contributed by atoms with Crippen LogP contribution in [0.3, 0.4) is 0 Å². The first kappa shape index (κ1) is 18.8. The number of fused-ring (bicyclic) bond motifs is 1. The van der Waals surface area contributed by atoms with E-state index in [4.69, 9.17) is 10.5 Å². The molecule has 1 aliphatic heterocycles. The summed E-state index contributed by atoms with van der Waals surface area (Å²) >= 11 is 0. The molecule has 0 bridgehead atoms. The molecule has 0 spiro atoms. The molecule has 1 aromatic heterocycles. The molecule has 10 heteroatoms. The van der Waals surface area contributed by atoms with E-state index >= 15 is 0 Å². The van der Waals surface area contributed by atoms with Gasteiger partial charge in [-0.15, -0.1) is 4.40 Å². The largest absolute Gasteiger partial charge is 0.490 e. The number of hydrogen-bond donors (Lipinski definition) is 2. The maximum atomic E-state index is 12.3. The molecular formula is C17H19N5O4S. The van der Waals surface area contributed by atoms with Crippen molar-refractivity contribution < 1.29 is 17.9 Å². The average molecular weight is 389 g/mol. The molecule has 27 heavy (non-hydrogen) atoms. The number of carbonyl (C=O) groups excluding carboxylic acids is 1. The molecule has 0 unspecified atom stereocenters. The van der Waals surface area contributed by atoms with Gasteiger partial charge >= 0.3 is 0 Å². The van der Waals surface area contributed by atoms with Gasteiger partial charge in [-0.2, -0.15) is 0 Å². The van der Waals surface area contributed by atoms with Gasteiger partial charge in [-0.1, -0.05) is 12.1 Å². The van der Waals surface area contributed by atoms with Crippen LogP contribution < -0.4 is 15.8 Å². The minimum atomic E-state index is -3.61. The van der Waals surface area contributed by atoms with E-state index in [2.05, 4.69) is 19.7 Å². The zero-order valence-corrected chi connectivity index (χ0v) is 15.7. The second-order valence-corrected chi connectivity index (χ2v) is 8.35. The summed E-state index contributed by atoms with van der Waals surface area (Å²) in [5.74, 6) is -0.301. The first-order chi connectivity index (χ1) is 12.7. The van der Waals surface area contributed by atoms with Gasteiger partial charge in [0, 0.05) is 12.4 Å². The lowest BCUT2D eigenvalue weighted by Gasteiger charge is -2.27. The first-order valence-electron chi connectivity index (χ1n) is 8.09. The minimum absolute atomic E-state index is 0.103. The second-order valence-electron chi connectivity index (χ2n) is 6.71. The Bertz CT molecular complexity index is 1000. The molecule has 9 nitrogen and oxygen atoms in total. The van der Waals surface area contributed by atoms with Crippen LogP contribution >= 0.6 is 0 Å². The molecular weight excluding hydrogens is 370 g/mol. The van der Waals surface area contributed by atoms with E-state index in [0.29, 0.717) is 16.9 Å². The summed E-state index contributed by atoms with van der Waals surface area (Å²) in [5.41, 5.74) is 6.28. The summed E-state index contributed by atoms with van der Waals surface area (Å²) in [5, 5.41) is 2.82. The number of nitrogens with one attached hydrogen (secondary N) is 1. The van der Waals surface area contributed by atoms with Crippen molar-refractivity contribution in [3.8, 4) is 5.75 Å². The van der Waals surface area contributed by atoms with Crippen LogP contribution in [0.2, 0.25) is 0 Å². The Morgan fingerprint density at radius 2 is 2.11 bits per heavy atom. The highest BCUT2D eigenvalue weighted by Gasteiger charge is 2.27. The Labute approximate surface area is 156 Å². The van der Waals surface area contributed by atoms with Crippen LogP contribution in [-0.4, -0.2) is 42.3 Å². The fourth-order valence-electron chi connectivity index (χ4n) is 2.61. The topological polar surface area (TPSA) is 137 Å². The van der Waals surface area contributed by atoms with Crippen LogP contribution in [0.4, 0.5) is 0 Å². The zero-order valence-electron chi connectivity index (χ0n) is 14.8. The van der Waals surface area contributed by atoms with E-state index in [1.165, 1.54) is 18.6 Å². The third kappa shape index (κ3) is 4.40. The maximum absolute atomic E-state index is 12.3. The SMILES string of the molecule is CC(C)(COc1cccc2c1C(N)=NS(=O)(=O)C2)NC(=O)c1cnccn1. The molecule has 142 valence electrons. The number of rotatable bonds is 5. The number of amides is 1. The molecule has 3 rings (SSSR count). The molecule has 0 fully saturated rings. The maximum Gasteiger partial charge on any atom is 0.272 e. The highest BCUT2D eigenvalue weighted by atomic mass is 32.2. The van der Waals surface area contributed by atoms with Crippen molar-refractivity contribution in [2.45, 2.75) is 25.1 Å². The number of hydrogen-bond acceptors (Lipinski definition) is 7. The van der Waals surface area contributed by atoms with Crippen molar-refractivity contribution in [1.29, 1.82) is 0 Å². The Kier molecular flexibility index (Phi) is 4.83. The number of nitrogens with two attached hydrogens (primary N) is 1. The highest BCUT2D eigenvalue weighted by Crippen LogP contribution is 2.28. The molecule has 0 radical (unpaired) electrons. The summed E-state index contributed by atoms with van der Waals surface area (Å²) in [6.45, 7) is 3.70. The van der Waals surface area contributed by atoms with Crippen molar-refractivity contribution in [3.05, 3.63) is 53.6 Å². The van der Waals surface area contributed by atoms with Gasteiger partial charge in [-0.05, 0) is 25.5 Å². The molecule has 1 aliphatic rings. The van der Waals surface area contributed by atoms with Gasteiger partial charge in [0.1, 0.15) is 23.9 Å². The lowest BCUT2D eigenvalue weighted by Crippen LogP contribution is -2.48. The van der Waals surface area contributed by atoms with Crippen LogP contribution in [0, 0.1) is 0 Å². The van der Waals surface area contributed by atoms with E-state index in [-0.39, 0.29) is 29.8 Å². The van der Waals surface area contributed by atoms with Gasteiger partial charge in [-0.3, -0.25) is 9.78 Å². The molecule has 0 saturated carbocycles. The van der Waals surface area contributed by atoms with Gasteiger partial charge in [0.05, 0.1) is 23.1 Å². The van der Waals surface area contributed by atoms with E-state index in [1.54, 1.807) is 32.0 Å². The quantitative estimate of drug-likeness (QED) is 0.764. The molecule has 0 atom stereocenters. The van der Waals surface area contributed by atoms with Gasteiger partial charge in [0.2, 0.25) is 0 Å². The van der Waals surface area contributed by atoms with E-state index < -0.39 is 15.6 Å². The lowest BCUT2D eigenvalue weighted by molar-refractivity contribution is 0.0875. The van der Waals surface area contributed by atoms with Crippen molar-refractivity contribution in [2.75, 3.05) is 6.61 Å². The molecule has 3 N–H and O–H groups in total. The Balaban J connectivity index is 1.75. The summed E-state index contributed by atoms with van der Waals surface area (Å²) in [6.07, 6.45) is 4.29.